The highest BCUT2D eigenvalue weighted by atomic mass is 16.6. The number of carbonyl (C=O) groups excluding carboxylic acids is 2. The Morgan fingerprint density at radius 1 is 1.00 bits per heavy atom. The fourth-order valence-corrected chi connectivity index (χ4v) is 4.23. The third-order valence-corrected chi connectivity index (χ3v) is 5.87. The Bertz CT molecular complexity index is 1230. The van der Waals surface area contributed by atoms with Crippen molar-refractivity contribution in [3.63, 3.8) is 0 Å². The number of rotatable bonds is 5. The van der Waals surface area contributed by atoms with E-state index in [-0.39, 0.29) is 17.7 Å². The highest BCUT2D eigenvalue weighted by Crippen LogP contribution is 2.37. The van der Waals surface area contributed by atoms with E-state index in [0.717, 1.165) is 11.1 Å². The first-order chi connectivity index (χ1) is 15.6. The molecule has 8 nitrogen and oxygen atoms in total. The van der Waals surface area contributed by atoms with Crippen LogP contribution >= 0.6 is 0 Å². The van der Waals surface area contributed by atoms with Crippen LogP contribution in [0.15, 0.2) is 48.7 Å². The molecule has 2 aliphatic rings. The van der Waals surface area contributed by atoms with E-state index in [1.807, 2.05) is 30.3 Å². The summed E-state index contributed by atoms with van der Waals surface area (Å²) in [4.78, 5) is 33.7. The van der Waals surface area contributed by atoms with Gasteiger partial charge in [-0.15, -0.1) is 0 Å². The van der Waals surface area contributed by atoms with E-state index in [0.29, 0.717) is 47.1 Å². The van der Waals surface area contributed by atoms with Crippen LogP contribution in [-0.2, 0) is 11.2 Å². The third-order valence-electron chi connectivity index (χ3n) is 5.87. The zero-order valence-electron chi connectivity index (χ0n) is 17.6. The molecule has 8 heteroatoms. The van der Waals surface area contributed by atoms with Crippen LogP contribution in [0.25, 0.3) is 0 Å². The van der Waals surface area contributed by atoms with Crippen LogP contribution in [-0.4, -0.2) is 35.9 Å². The fourth-order valence-electron chi connectivity index (χ4n) is 4.23. The van der Waals surface area contributed by atoms with Gasteiger partial charge in [-0.25, -0.2) is 14.8 Å². The van der Waals surface area contributed by atoms with Gasteiger partial charge in [0.05, 0.1) is 31.0 Å². The average molecular weight is 431 g/mol. The Morgan fingerprint density at radius 2 is 1.81 bits per heavy atom. The number of ether oxygens (including phenoxy) is 3. The SMILES string of the molecule is COc1ccc([C@@H]2CC(=O)c3cnc(N[C@H]4OC(=O)c5ccccc54)nc3C2)cc1OC. The first kappa shape index (κ1) is 20.0. The molecule has 3 aromatic rings. The summed E-state index contributed by atoms with van der Waals surface area (Å²) in [6.45, 7) is 0. The smallest absolute Gasteiger partial charge is 0.340 e. The second kappa shape index (κ2) is 7.96. The lowest BCUT2D eigenvalue weighted by molar-refractivity contribution is 0.0436. The third kappa shape index (κ3) is 3.43. The number of benzene rings is 2. The standard InChI is InChI=1S/C24H21N3O5/c1-30-20-8-7-13(11-21(20)31-2)14-9-18-17(19(28)10-14)12-25-24(26-18)27-22-15-5-3-4-6-16(15)23(29)32-22/h3-8,11-12,14,22H,9-10H2,1-2H3,(H,25,26,27)/t14-,22-/m0/s1. The van der Waals surface area contributed by atoms with E-state index in [2.05, 4.69) is 15.3 Å². The number of cyclic esters (lactones) is 1. The normalized spacial score (nSPS) is 19.1. The minimum absolute atomic E-state index is 0.00442. The molecule has 1 aliphatic heterocycles. The fraction of sp³-hybridized carbons (Fsp3) is 0.250. The largest absolute Gasteiger partial charge is 0.493 e. The van der Waals surface area contributed by atoms with Gasteiger partial charge in [0.15, 0.2) is 17.3 Å². The summed E-state index contributed by atoms with van der Waals surface area (Å²) >= 11 is 0. The second-order valence-corrected chi connectivity index (χ2v) is 7.71. The summed E-state index contributed by atoms with van der Waals surface area (Å²) < 4.78 is 16.1. The number of anilines is 1. The number of esters is 1. The molecule has 162 valence electrons. The number of nitrogens with one attached hydrogen (secondary N) is 1. The van der Waals surface area contributed by atoms with Gasteiger partial charge in [0.2, 0.25) is 12.2 Å². The molecule has 0 fully saturated rings. The van der Waals surface area contributed by atoms with Crippen LogP contribution in [0.3, 0.4) is 0 Å². The maximum atomic E-state index is 12.8. The van der Waals surface area contributed by atoms with E-state index in [1.165, 1.54) is 0 Å². The number of carbonyl (C=O) groups is 2. The van der Waals surface area contributed by atoms with Crippen LogP contribution < -0.4 is 14.8 Å². The summed E-state index contributed by atoms with van der Waals surface area (Å²) in [6, 6.07) is 12.9. The van der Waals surface area contributed by atoms with Crippen LogP contribution in [0.2, 0.25) is 0 Å². The highest BCUT2D eigenvalue weighted by molar-refractivity contribution is 5.98. The van der Waals surface area contributed by atoms with Gasteiger partial charge in [0, 0.05) is 18.2 Å². The number of hydrogen-bond acceptors (Lipinski definition) is 8. The summed E-state index contributed by atoms with van der Waals surface area (Å²) in [5.41, 5.74) is 3.42. The van der Waals surface area contributed by atoms with E-state index in [1.54, 1.807) is 32.5 Å². The van der Waals surface area contributed by atoms with Gasteiger partial charge in [-0.1, -0.05) is 24.3 Å². The minimum atomic E-state index is -0.669. The maximum absolute atomic E-state index is 12.8. The zero-order valence-corrected chi connectivity index (χ0v) is 17.6. The summed E-state index contributed by atoms with van der Waals surface area (Å²) in [7, 11) is 3.17. The van der Waals surface area contributed by atoms with Crippen molar-refractivity contribution in [3.05, 3.63) is 76.6 Å². The molecule has 0 amide bonds. The number of nitrogens with zero attached hydrogens (tertiary/aromatic N) is 2. The molecule has 0 unspecified atom stereocenters. The van der Waals surface area contributed by atoms with Gasteiger partial charge < -0.3 is 19.5 Å². The van der Waals surface area contributed by atoms with E-state index in [4.69, 9.17) is 14.2 Å². The van der Waals surface area contributed by atoms with Gasteiger partial charge in [-0.05, 0) is 36.1 Å². The molecule has 5 rings (SSSR count). The summed E-state index contributed by atoms with van der Waals surface area (Å²) in [5, 5.41) is 3.07. The Balaban J connectivity index is 1.41. The van der Waals surface area contributed by atoms with Crippen molar-refractivity contribution in [1.29, 1.82) is 0 Å². The van der Waals surface area contributed by atoms with Crippen molar-refractivity contribution in [2.45, 2.75) is 25.0 Å². The molecule has 0 bridgehead atoms. The predicted octanol–water partition coefficient (Wildman–Crippen LogP) is 3.69. The molecule has 0 radical (unpaired) electrons. The molecule has 2 aromatic carbocycles. The van der Waals surface area contributed by atoms with E-state index < -0.39 is 6.23 Å². The van der Waals surface area contributed by atoms with Crippen LogP contribution in [0.4, 0.5) is 5.95 Å². The maximum Gasteiger partial charge on any atom is 0.340 e. The second-order valence-electron chi connectivity index (χ2n) is 7.71. The van der Waals surface area contributed by atoms with Gasteiger partial charge in [-0.2, -0.15) is 0 Å². The molecule has 0 saturated heterocycles. The Labute approximate surface area is 184 Å². The Hall–Kier alpha value is -3.94. The molecule has 0 saturated carbocycles. The highest BCUT2D eigenvalue weighted by Gasteiger charge is 2.32. The predicted molar refractivity (Wildman–Crippen MR) is 115 cm³/mol. The number of fused-ring (bicyclic) bond motifs is 2. The number of aromatic nitrogens is 2. The van der Waals surface area contributed by atoms with Crippen molar-refractivity contribution in [3.8, 4) is 11.5 Å². The molecular formula is C24H21N3O5. The molecule has 32 heavy (non-hydrogen) atoms. The van der Waals surface area contributed by atoms with Crippen LogP contribution in [0.1, 0.15) is 56.1 Å². The molecule has 0 spiro atoms. The monoisotopic (exact) mass is 431 g/mol. The van der Waals surface area contributed by atoms with Crippen molar-refractivity contribution in [2.24, 2.45) is 0 Å². The number of methoxy groups -OCH3 is 2. The van der Waals surface area contributed by atoms with Crippen molar-refractivity contribution in [2.75, 3.05) is 19.5 Å². The minimum Gasteiger partial charge on any atom is -0.493 e. The van der Waals surface area contributed by atoms with Crippen molar-refractivity contribution < 1.29 is 23.8 Å². The van der Waals surface area contributed by atoms with Crippen LogP contribution in [0.5, 0.6) is 11.5 Å². The van der Waals surface area contributed by atoms with Gasteiger partial charge in [-0.3, -0.25) is 4.79 Å². The number of ketones is 1. The first-order valence-electron chi connectivity index (χ1n) is 10.2. The summed E-state index contributed by atoms with van der Waals surface area (Å²) in [6.07, 6.45) is 1.82. The van der Waals surface area contributed by atoms with Gasteiger partial charge >= 0.3 is 5.97 Å². The molecule has 1 aliphatic carbocycles. The van der Waals surface area contributed by atoms with E-state index >= 15 is 0 Å². The molecular weight excluding hydrogens is 410 g/mol. The van der Waals surface area contributed by atoms with Gasteiger partial charge in [0.1, 0.15) is 0 Å². The molecule has 2 atom stereocenters. The zero-order chi connectivity index (χ0) is 22.2. The first-order valence-corrected chi connectivity index (χ1v) is 10.2. The Morgan fingerprint density at radius 3 is 2.62 bits per heavy atom. The number of hydrogen-bond donors (Lipinski definition) is 1. The van der Waals surface area contributed by atoms with Crippen LogP contribution in [0, 0.1) is 0 Å². The van der Waals surface area contributed by atoms with Crippen molar-refractivity contribution in [1.82, 2.24) is 9.97 Å². The van der Waals surface area contributed by atoms with Crippen molar-refractivity contribution >= 4 is 17.7 Å². The Kier molecular flexibility index (Phi) is 4.97. The number of Topliss-reactive ketones (excluding diaryl/α,β-unsaturated/α-hetero) is 1. The summed E-state index contributed by atoms with van der Waals surface area (Å²) in [5.74, 6) is 1.13. The van der Waals surface area contributed by atoms with E-state index in [9.17, 15) is 9.59 Å². The lowest BCUT2D eigenvalue weighted by Gasteiger charge is -2.24. The topological polar surface area (TPSA) is 99.6 Å². The quantitative estimate of drug-likeness (QED) is 0.611. The lowest BCUT2D eigenvalue weighted by atomic mass is 9.82. The van der Waals surface area contributed by atoms with Gasteiger partial charge in [0.25, 0.3) is 0 Å². The molecule has 1 N–H and O–H groups in total. The molecule has 1 aromatic heterocycles. The lowest BCUT2D eigenvalue weighted by Crippen LogP contribution is -2.22. The average Bonchev–Trinajstić information content (AvgIpc) is 3.13. The molecule has 2 heterocycles.